The number of anilines is 2. The third-order valence-electron chi connectivity index (χ3n) is 9.33. The number of halogens is 1. The summed E-state index contributed by atoms with van der Waals surface area (Å²) in [4.78, 5) is 19.0. The summed E-state index contributed by atoms with van der Waals surface area (Å²) in [7, 11) is -4.12. The molecule has 1 amide bonds. The molecule has 0 aliphatic carbocycles. The molecule has 1 aliphatic heterocycles. The van der Waals surface area contributed by atoms with Gasteiger partial charge in [0, 0.05) is 77.8 Å². The van der Waals surface area contributed by atoms with Gasteiger partial charge >= 0.3 is 0 Å². The van der Waals surface area contributed by atoms with Crippen LogP contribution in [0, 0.1) is 18.3 Å². The molecule has 6 rings (SSSR count). The summed E-state index contributed by atoms with van der Waals surface area (Å²) in [5.74, 6) is 0.0620. The molecular formula is C42H42ClN5O3S2. The van der Waals surface area contributed by atoms with Gasteiger partial charge in [-0.05, 0) is 102 Å². The summed E-state index contributed by atoms with van der Waals surface area (Å²) in [6.45, 7) is 6.10. The zero-order valence-electron chi connectivity index (χ0n) is 29.5. The maximum atomic E-state index is 13.3. The fourth-order valence-electron chi connectivity index (χ4n) is 6.37. The van der Waals surface area contributed by atoms with Gasteiger partial charge < -0.3 is 10.2 Å². The van der Waals surface area contributed by atoms with Crippen molar-refractivity contribution in [3.63, 3.8) is 0 Å². The van der Waals surface area contributed by atoms with E-state index < -0.39 is 15.9 Å². The highest BCUT2D eigenvalue weighted by molar-refractivity contribution is 7.99. The number of thioether (sulfide) groups is 1. The number of carbonyl (C=O) groups excluding carboxylic acids is 1. The number of benzene rings is 5. The molecule has 0 aromatic heterocycles. The lowest BCUT2D eigenvalue weighted by molar-refractivity contribution is 0.0981. The Morgan fingerprint density at radius 1 is 0.887 bits per heavy atom. The van der Waals surface area contributed by atoms with Gasteiger partial charge in [0.05, 0.1) is 11.0 Å². The zero-order chi connectivity index (χ0) is 37.2. The Balaban J connectivity index is 1.02. The maximum Gasteiger partial charge on any atom is 0.264 e. The summed E-state index contributed by atoms with van der Waals surface area (Å²) in [6, 6.07) is 40.5. The van der Waals surface area contributed by atoms with E-state index in [1.165, 1.54) is 17.2 Å². The van der Waals surface area contributed by atoms with Crippen LogP contribution in [-0.2, 0) is 16.6 Å². The van der Waals surface area contributed by atoms with E-state index in [1.807, 2.05) is 61.5 Å². The number of carbonyl (C=O) groups is 1. The van der Waals surface area contributed by atoms with E-state index >= 15 is 0 Å². The van der Waals surface area contributed by atoms with Crippen molar-refractivity contribution < 1.29 is 13.2 Å². The van der Waals surface area contributed by atoms with Crippen LogP contribution in [0.25, 0.3) is 11.1 Å². The van der Waals surface area contributed by atoms with Crippen molar-refractivity contribution in [2.24, 2.45) is 0 Å². The first-order chi connectivity index (χ1) is 25.7. The molecule has 1 fully saturated rings. The summed E-state index contributed by atoms with van der Waals surface area (Å²) < 4.78 is 28.8. The van der Waals surface area contributed by atoms with Crippen LogP contribution >= 0.6 is 23.4 Å². The summed E-state index contributed by atoms with van der Waals surface area (Å²) in [5.41, 5.74) is 6.38. The normalized spacial score (nSPS) is 13.9. The van der Waals surface area contributed by atoms with Crippen LogP contribution in [0.1, 0.15) is 34.3 Å². The summed E-state index contributed by atoms with van der Waals surface area (Å²) in [5, 5.41) is 13.4. The summed E-state index contributed by atoms with van der Waals surface area (Å²) in [6.07, 6.45) is 1.06. The Bertz CT molecular complexity index is 2150. The maximum absolute atomic E-state index is 13.3. The molecule has 5 aromatic rings. The molecule has 1 atom stereocenters. The fourth-order valence-corrected chi connectivity index (χ4v) is 8.55. The lowest BCUT2D eigenvalue weighted by Gasteiger charge is -2.36. The Kier molecular flexibility index (Phi) is 12.8. The lowest BCUT2D eigenvalue weighted by Crippen LogP contribution is -2.46. The largest absolute Gasteiger partial charge is 0.381 e. The summed E-state index contributed by atoms with van der Waals surface area (Å²) >= 11 is 7.82. The molecule has 1 heterocycles. The topological polar surface area (TPSA) is 106 Å². The SMILES string of the molecule is Cc1cc(S(=O)(=O)NC(=O)c2ccc(N3CCN(Cc4ccccc4-c4ccc(Cl)cc4)CC3)cc2)ccc1N[C@H](CCC#N)CSc1ccccc1. The number of rotatable bonds is 14. The smallest absolute Gasteiger partial charge is 0.264 e. The van der Waals surface area contributed by atoms with E-state index in [1.54, 1.807) is 36.0 Å². The molecule has 0 spiro atoms. The number of hydrogen-bond donors (Lipinski definition) is 2. The highest BCUT2D eigenvalue weighted by Gasteiger charge is 2.22. The number of piperazine rings is 1. The quantitative estimate of drug-likeness (QED) is 0.108. The van der Waals surface area contributed by atoms with Crippen LogP contribution in [0.2, 0.25) is 5.02 Å². The predicted octanol–water partition coefficient (Wildman–Crippen LogP) is 8.63. The van der Waals surface area contributed by atoms with Crippen LogP contribution < -0.4 is 14.9 Å². The number of nitrogens with zero attached hydrogens (tertiary/aromatic N) is 3. The Hall–Kier alpha value is -4.79. The van der Waals surface area contributed by atoms with Crippen LogP contribution in [0.15, 0.2) is 131 Å². The molecule has 53 heavy (non-hydrogen) atoms. The van der Waals surface area contributed by atoms with Gasteiger partial charge in [-0.25, -0.2) is 13.1 Å². The van der Waals surface area contributed by atoms with E-state index in [4.69, 9.17) is 11.6 Å². The van der Waals surface area contributed by atoms with Gasteiger partial charge in [0.25, 0.3) is 15.9 Å². The van der Waals surface area contributed by atoms with Crippen LogP contribution in [0.3, 0.4) is 0 Å². The molecule has 0 saturated carbocycles. The minimum atomic E-state index is -4.12. The molecule has 11 heteroatoms. The molecule has 0 unspecified atom stereocenters. The monoisotopic (exact) mass is 763 g/mol. The molecule has 1 aliphatic rings. The van der Waals surface area contributed by atoms with Gasteiger partial charge in [-0.1, -0.05) is 66.2 Å². The highest BCUT2D eigenvalue weighted by Crippen LogP contribution is 2.28. The molecule has 0 bridgehead atoms. The molecule has 2 N–H and O–H groups in total. The van der Waals surface area contributed by atoms with Crippen LogP contribution in [0.4, 0.5) is 11.4 Å². The standard InChI is InChI=1S/C42H42ClN5O3S2/c1-31-28-39(21-22-41(31)45-36(9-7-23-44)30-52-38-10-3-2-4-11-38)53(50,51)46-42(49)33-15-19-37(20-16-33)48-26-24-47(25-27-48)29-34-8-5-6-12-40(34)32-13-17-35(43)18-14-32/h2-6,8,10-22,28,36,45H,7,9,24-27,29-30H2,1H3,(H,46,49)/t36-/m1/s1. The molecule has 272 valence electrons. The van der Waals surface area contributed by atoms with E-state index in [0.717, 1.165) is 70.9 Å². The Labute approximate surface area is 321 Å². The number of amides is 1. The number of hydrogen-bond acceptors (Lipinski definition) is 8. The first-order valence-corrected chi connectivity index (χ1v) is 20.4. The van der Waals surface area contributed by atoms with Crippen molar-refractivity contribution in [3.8, 4) is 17.2 Å². The van der Waals surface area contributed by atoms with Crippen molar-refractivity contribution in [2.75, 3.05) is 42.1 Å². The molecule has 5 aromatic carbocycles. The van der Waals surface area contributed by atoms with E-state index in [9.17, 15) is 18.5 Å². The average Bonchev–Trinajstić information content (AvgIpc) is 3.17. The molecule has 0 radical (unpaired) electrons. The van der Waals surface area contributed by atoms with Gasteiger partial charge in [-0.15, -0.1) is 11.8 Å². The Morgan fingerprint density at radius 3 is 2.28 bits per heavy atom. The number of nitriles is 1. The van der Waals surface area contributed by atoms with Gasteiger partial charge in [0.2, 0.25) is 0 Å². The minimum absolute atomic E-state index is 0.00594. The Morgan fingerprint density at radius 2 is 1.58 bits per heavy atom. The highest BCUT2D eigenvalue weighted by atomic mass is 35.5. The second-order valence-corrected chi connectivity index (χ2v) is 16.3. The van der Waals surface area contributed by atoms with Gasteiger partial charge in [-0.3, -0.25) is 9.69 Å². The fraction of sp³-hybridized carbons (Fsp3) is 0.238. The average molecular weight is 764 g/mol. The lowest BCUT2D eigenvalue weighted by atomic mass is 9.99. The first-order valence-electron chi connectivity index (χ1n) is 17.6. The number of nitrogens with one attached hydrogen (secondary N) is 2. The first kappa shape index (κ1) is 38.0. The van der Waals surface area contributed by atoms with E-state index in [0.29, 0.717) is 12.8 Å². The van der Waals surface area contributed by atoms with Gasteiger partial charge in [0.15, 0.2) is 0 Å². The molecule has 8 nitrogen and oxygen atoms in total. The van der Waals surface area contributed by atoms with E-state index in [2.05, 4.69) is 62.3 Å². The second kappa shape index (κ2) is 17.8. The van der Waals surface area contributed by atoms with Crippen molar-refractivity contribution in [1.82, 2.24) is 9.62 Å². The van der Waals surface area contributed by atoms with Crippen molar-refractivity contribution >= 4 is 50.7 Å². The molecule has 1 saturated heterocycles. The van der Waals surface area contributed by atoms with Crippen LogP contribution in [0.5, 0.6) is 0 Å². The van der Waals surface area contributed by atoms with Crippen molar-refractivity contribution in [3.05, 3.63) is 143 Å². The van der Waals surface area contributed by atoms with Gasteiger partial charge in [-0.2, -0.15) is 5.26 Å². The van der Waals surface area contributed by atoms with Crippen molar-refractivity contribution in [2.45, 2.75) is 42.1 Å². The number of aryl methyl sites for hydroxylation is 1. The third kappa shape index (κ3) is 10.2. The predicted molar refractivity (Wildman–Crippen MR) is 216 cm³/mol. The van der Waals surface area contributed by atoms with Crippen LogP contribution in [-0.4, -0.2) is 57.2 Å². The van der Waals surface area contributed by atoms with Gasteiger partial charge in [0.1, 0.15) is 0 Å². The van der Waals surface area contributed by atoms with E-state index in [-0.39, 0.29) is 16.5 Å². The number of sulfonamides is 1. The third-order valence-corrected chi connectivity index (χ3v) is 12.1. The minimum Gasteiger partial charge on any atom is -0.381 e. The zero-order valence-corrected chi connectivity index (χ0v) is 31.9. The second-order valence-electron chi connectivity index (χ2n) is 13.0. The van der Waals surface area contributed by atoms with Crippen molar-refractivity contribution in [1.29, 1.82) is 5.26 Å². The molecular weight excluding hydrogens is 722 g/mol.